The van der Waals surface area contributed by atoms with E-state index in [1.165, 1.54) is 13.0 Å². The van der Waals surface area contributed by atoms with Crippen LogP contribution < -0.4 is 5.32 Å². The number of ether oxygens (including phenoxy) is 1. The van der Waals surface area contributed by atoms with Gasteiger partial charge in [0.2, 0.25) is 0 Å². The van der Waals surface area contributed by atoms with Gasteiger partial charge in [-0.2, -0.15) is 0 Å². The average molecular weight is 409 g/mol. The van der Waals surface area contributed by atoms with Crippen LogP contribution in [-0.2, 0) is 14.3 Å². The van der Waals surface area contributed by atoms with Crippen LogP contribution in [0.4, 0.5) is 5.69 Å². The van der Waals surface area contributed by atoms with Gasteiger partial charge in [-0.3, -0.25) is 4.79 Å². The van der Waals surface area contributed by atoms with Gasteiger partial charge in [0.1, 0.15) is 0 Å². The Labute approximate surface area is 153 Å². The van der Waals surface area contributed by atoms with Crippen LogP contribution in [0.3, 0.4) is 0 Å². The molecular formula is C18H15BrClNO3. The summed E-state index contributed by atoms with van der Waals surface area (Å²) in [7, 11) is 0. The molecule has 0 saturated carbocycles. The van der Waals surface area contributed by atoms with E-state index in [1.807, 2.05) is 0 Å². The molecule has 0 heterocycles. The number of halogens is 2. The highest BCUT2D eigenvalue weighted by Gasteiger charge is 2.16. The quantitative estimate of drug-likeness (QED) is 0.577. The molecule has 2 rings (SSSR count). The van der Waals surface area contributed by atoms with Gasteiger partial charge in [0.25, 0.3) is 5.91 Å². The largest absolute Gasteiger partial charge is 0.449 e. The highest BCUT2D eigenvalue weighted by atomic mass is 79.9. The summed E-state index contributed by atoms with van der Waals surface area (Å²) in [6, 6.07) is 14.1. The van der Waals surface area contributed by atoms with Gasteiger partial charge in [-0.25, -0.2) is 4.79 Å². The molecule has 1 amide bonds. The summed E-state index contributed by atoms with van der Waals surface area (Å²) in [6.07, 6.45) is 1.96. The fourth-order valence-corrected chi connectivity index (χ4v) is 2.17. The first-order valence-electron chi connectivity index (χ1n) is 7.15. The van der Waals surface area contributed by atoms with E-state index < -0.39 is 18.0 Å². The number of carbonyl (C=O) groups is 2. The molecule has 1 N–H and O–H groups in total. The fraction of sp³-hybridized carbons (Fsp3) is 0.111. The Morgan fingerprint density at radius 2 is 1.75 bits per heavy atom. The first-order valence-corrected chi connectivity index (χ1v) is 8.32. The van der Waals surface area contributed by atoms with Crippen LogP contribution in [-0.4, -0.2) is 18.0 Å². The van der Waals surface area contributed by atoms with Gasteiger partial charge >= 0.3 is 5.97 Å². The summed E-state index contributed by atoms with van der Waals surface area (Å²) in [5.74, 6) is -0.992. The van der Waals surface area contributed by atoms with E-state index in [4.69, 9.17) is 16.3 Å². The lowest BCUT2D eigenvalue weighted by molar-refractivity contribution is -0.148. The number of nitrogens with one attached hydrogen (secondary N) is 1. The van der Waals surface area contributed by atoms with Crippen LogP contribution in [0.25, 0.3) is 6.08 Å². The maximum atomic E-state index is 12.0. The average Bonchev–Trinajstić information content (AvgIpc) is 2.56. The van der Waals surface area contributed by atoms with E-state index >= 15 is 0 Å². The predicted octanol–water partition coefficient (Wildman–Crippen LogP) is 4.69. The second kappa shape index (κ2) is 8.66. The molecule has 0 aliphatic carbocycles. The topological polar surface area (TPSA) is 55.4 Å². The summed E-state index contributed by atoms with van der Waals surface area (Å²) in [5.41, 5.74) is 1.44. The standard InChI is InChI=1S/C18H15BrClNO3/c1-12(18(23)21-16-9-5-14(19)6-10-16)24-17(22)11-4-13-2-7-15(20)8-3-13/h2-12H,1H3,(H,21,23)/b11-4+. The molecule has 0 fully saturated rings. The Kier molecular flexibility index (Phi) is 6.58. The molecular weight excluding hydrogens is 394 g/mol. The van der Waals surface area contributed by atoms with Crippen molar-refractivity contribution in [3.8, 4) is 0 Å². The normalized spacial score (nSPS) is 12.0. The Morgan fingerprint density at radius 3 is 2.38 bits per heavy atom. The molecule has 0 bridgehead atoms. The third kappa shape index (κ3) is 5.83. The molecule has 24 heavy (non-hydrogen) atoms. The summed E-state index contributed by atoms with van der Waals surface area (Å²) in [5, 5.41) is 3.30. The van der Waals surface area contributed by atoms with Crippen molar-refractivity contribution in [2.45, 2.75) is 13.0 Å². The van der Waals surface area contributed by atoms with Crippen molar-refractivity contribution in [3.63, 3.8) is 0 Å². The minimum atomic E-state index is -0.906. The van der Waals surface area contributed by atoms with Gasteiger partial charge < -0.3 is 10.1 Å². The zero-order chi connectivity index (χ0) is 17.5. The van der Waals surface area contributed by atoms with Gasteiger partial charge in [0.15, 0.2) is 6.10 Å². The van der Waals surface area contributed by atoms with Crippen LogP contribution in [0.15, 0.2) is 59.1 Å². The second-order valence-corrected chi connectivity index (χ2v) is 6.31. The lowest BCUT2D eigenvalue weighted by Crippen LogP contribution is -2.29. The molecule has 2 aromatic carbocycles. The van der Waals surface area contributed by atoms with Crippen molar-refractivity contribution >= 4 is 51.2 Å². The number of hydrogen-bond donors (Lipinski definition) is 1. The van der Waals surface area contributed by atoms with Crippen LogP contribution in [0.2, 0.25) is 5.02 Å². The Bertz CT molecular complexity index is 742. The van der Waals surface area contributed by atoms with Crippen molar-refractivity contribution in [1.82, 2.24) is 0 Å². The lowest BCUT2D eigenvalue weighted by atomic mass is 10.2. The monoisotopic (exact) mass is 407 g/mol. The van der Waals surface area contributed by atoms with Crippen LogP contribution in [0.1, 0.15) is 12.5 Å². The molecule has 4 nitrogen and oxygen atoms in total. The van der Waals surface area contributed by atoms with E-state index in [2.05, 4.69) is 21.2 Å². The SMILES string of the molecule is CC(OC(=O)/C=C/c1ccc(Cl)cc1)C(=O)Nc1ccc(Br)cc1. The fourth-order valence-electron chi connectivity index (χ4n) is 1.78. The van der Waals surface area contributed by atoms with Crippen LogP contribution in [0.5, 0.6) is 0 Å². The molecule has 2 aromatic rings. The summed E-state index contributed by atoms with van der Waals surface area (Å²) < 4.78 is 5.99. The minimum Gasteiger partial charge on any atom is -0.449 e. The first kappa shape index (κ1) is 18.2. The molecule has 0 aliphatic heterocycles. The van der Waals surface area contributed by atoms with Gasteiger partial charge in [-0.05, 0) is 55.0 Å². The second-order valence-electron chi connectivity index (χ2n) is 4.96. The molecule has 124 valence electrons. The number of rotatable bonds is 5. The van der Waals surface area contributed by atoms with E-state index in [1.54, 1.807) is 54.6 Å². The number of amides is 1. The smallest absolute Gasteiger partial charge is 0.331 e. The molecule has 0 radical (unpaired) electrons. The molecule has 0 saturated heterocycles. The van der Waals surface area contributed by atoms with Crippen molar-refractivity contribution < 1.29 is 14.3 Å². The Hall–Kier alpha value is -2.11. The van der Waals surface area contributed by atoms with Gasteiger partial charge in [-0.1, -0.05) is 39.7 Å². The third-order valence-corrected chi connectivity index (χ3v) is 3.84. The molecule has 1 atom stereocenters. The van der Waals surface area contributed by atoms with Crippen molar-refractivity contribution in [3.05, 3.63) is 69.7 Å². The number of esters is 1. The van der Waals surface area contributed by atoms with Crippen LogP contribution in [0, 0.1) is 0 Å². The van der Waals surface area contributed by atoms with Gasteiger partial charge in [-0.15, -0.1) is 0 Å². The van der Waals surface area contributed by atoms with E-state index in [0.717, 1.165) is 10.0 Å². The predicted molar refractivity (Wildman–Crippen MR) is 98.8 cm³/mol. The molecule has 0 spiro atoms. The number of anilines is 1. The Balaban J connectivity index is 1.87. The maximum absolute atomic E-state index is 12.0. The summed E-state index contributed by atoms with van der Waals surface area (Å²) >= 11 is 9.11. The Morgan fingerprint density at radius 1 is 1.12 bits per heavy atom. The lowest BCUT2D eigenvalue weighted by Gasteiger charge is -2.12. The van der Waals surface area contributed by atoms with E-state index in [9.17, 15) is 9.59 Å². The highest BCUT2D eigenvalue weighted by molar-refractivity contribution is 9.10. The molecule has 0 aliphatic rings. The molecule has 0 aromatic heterocycles. The van der Waals surface area contributed by atoms with Crippen molar-refractivity contribution in [1.29, 1.82) is 0 Å². The van der Waals surface area contributed by atoms with Crippen molar-refractivity contribution in [2.75, 3.05) is 5.32 Å². The third-order valence-electron chi connectivity index (χ3n) is 3.06. The van der Waals surface area contributed by atoms with Crippen molar-refractivity contribution in [2.24, 2.45) is 0 Å². The first-order chi connectivity index (χ1) is 11.4. The summed E-state index contributed by atoms with van der Waals surface area (Å²) in [4.78, 5) is 23.8. The zero-order valence-electron chi connectivity index (χ0n) is 12.8. The summed E-state index contributed by atoms with van der Waals surface area (Å²) in [6.45, 7) is 1.52. The van der Waals surface area contributed by atoms with Crippen LogP contribution >= 0.6 is 27.5 Å². The van der Waals surface area contributed by atoms with Gasteiger partial charge in [0.05, 0.1) is 0 Å². The van der Waals surface area contributed by atoms with E-state index in [0.29, 0.717) is 10.7 Å². The maximum Gasteiger partial charge on any atom is 0.331 e. The number of hydrogen-bond acceptors (Lipinski definition) is 3. The number of carbonyl (C=O) groups excluding carboxylic acids is 2. The van der Waals surface area contributed by atoms with Gasteiger partial charge in [0, 0.05) is 21.3 Å². The minimum absolute atomic E-state index is 0.398. The number of benzene rings is 2. The zero-order valence-corrected chi connectivity index (χ0v) is 15.2. The van der Waals surface area contributed by atoms with E-state index in [-0.39, 0.29) is 0 Å². The molecule has 6 heteroatoms. The molecule has 1 unspecified atom stereocenters. The highest BCUT2D eigenvalue weighted by Crippen LogP contribution is 2.15.